The van der Waals surface area contributed by atoms with Gasteiger partial charge >= 0.3 is 35.7 Å². The Bertz CT molecular complexity index is 42.7. The van der Waals surface area contributed by atoms with Crippen LogP contribution in [0, 0.1) is 0 Å². The average Bonchev–Trinajstić information content (AvgIpc) is 1.35. The Morgan fingerprint density at radius 2 is 1.43 bits per heavy atom. The fraction of sp³-hybridized carbons (Fsp3) is 1.00. The Hall–Kier alpha value is 1.14. The summed E-state index contributed by atoms with van der Waals surface area (Å²) in [4.78, 5) is 0. The van der Waals surface area contributed by atoms with Crippen molar-refractivity contribution in [1.29, 1.82) is 0 Å². The maximum absolute atomic E-state index is 10.7. The van der Waals surface area contributed by atoms with E-state index in [1.165, 1.54) is 0 Å². The molecule has 0 nitrogen and oxygen atoms in total. The van der Waals surface area contributed by atoms with E-state index < -0.39 is 11.9 Å². The zero-order valence-electron chi connectivity index (χ0n) is 3.75. The van der Waals surface area contributed by atoms with Gasteiger partial charge in [-0.05, 0) is 0 Å². The van der Waals surface area contributed by atoms with Crippen molar-refractivity contribution < 1.29 is 42.7 Å². The Labute approximate surface area is 67.2 Å². The van der Waals surface area contributed by atoms with Gasteiger partial charge in [-0.1, -0.05) is 5.75 Å². The topological polar surface area (TPSA) is 0 Å². The number of hydrogen-bond acceptors (Lipinski definition) is 1. The van der Waals surface area contributed by atoms with Crippen LogP contribution in [0.15, 0.2) is 0 Å². The quantitative estimate of drug-likeness (QED) is 0.278. The molecule has 0 aliphatic heterocycles. The van der Waals surface area contributed by atoms with Gasteiger partial charge in [0.2, 0.25) is 0 Å². The van der Waals surface area contributed by atoms with Gasteiger partial charge in [-0.2, -0.15) is 13.2 Å². The van der Waals surface area contributed by atoms with Gasteiger partial charge in [-0.15, -0.1) is 0 Å². The third kappa shape index (κ3) is 11.0. The van der Waals surface area contributed by atoms with Gasteiger partial charge < -0.3 is 12.6 Å². The van der Waals surface area contributed by atoms with Gasteiger partial charge in [0, 0.05) is 0 Å². The molecule has 0 saturated heterocycles. The molecule has 0 bridgehead atoms. The van der Waals surface area contributed by atoms with Crippen LogP contribution in [0.5, 0.6) is 0 Å². The Morgan fingerprint density at radius 1 is 1.29 bits per heavy atom. The molecule has 0 amide bonds. The molecule has 0 spiro atoms. The number of hydrogen-bond donors (Lipinski definition) is 0. The van der Waals surface area contributed by atoms with Crippen molar-refractivity contribution in [2.24, 2.45) is 0 Å². The summed E-state index contributed by atoms with van der Waals surface area (Å²) in [7, 11) is 0. The standard InChI is InChI=1S/C2H3F3S.Na/c3-2(4,5)1-6;/h6H,1H2;/q;+1/p-1. The minimum absolute atomic E-state index is 0. The van der Waals surface area contributed by atoms with Crippen LogP contribution in [0.25, 0.3) is 0 Å². The van der Waals surface area contributed by atoms with E-state index in [4.69, 9.17) is 0 Å². The molecule has 0 saturated carbocycles. The van der Waals surface area contributed by atoms with Crippen molar-refractivity contribution in [3.05, 3.63) is 0 Å². The van der Waals surface area contributed by atoms with Crippen LogP contribution < -0.4 is 29.6 Å². The molecule has 0 aliphatic rings. The van der Waals surface area contributed by atoms with Gasteiger partial charge in [0.05, 0.1) is 0 Å². The molecule has 0 atom stereocenters. The Kier molecular flexibility index (Phi) is 6.39. The van der Waals surface area contributed by atoms with E-state index in [1.54, 1.807) is 0 Å². The third-order valence-corrected chi connectivity index (χ3v) is 0.491. The maximum atomic E-state index is 10.7. The van der Waals surface area contributed by atoms with E-state index in [0.717, 1.165) is 0 Å². The second-order valence-electron chi connectivity index (χ2n) is 0.760. The van der Waals surface area contributed by atoms with E-state index in [2.05, 4.69) is 12.6 Å². The summed E-state index contributed by atoms with van der Waals surface area (Å²) in [6.45, 7) is 0. The monoisotopic (exact) mass is 138 g/mol. The molecule has 0 unspecified atom stereocenters. The van der Waals surface area contributed by atoms with Crippen molar-refractivity contribution in [3.63, 3.8) is 0 Å². The average molecular weight is 138 g/mol. The molecular weight excluding hydrogens is 136 g/mol. The molecule has 0 radical (unpaired) electrons. The van der Waals surface area contributed by atoms with Crippen LogP contribution in [-0.4, -0.2) is 11.9 Å². The van der Waals surface area contributed by atoms with E-state index in [-0.39, 0.29) is 29.6 Å². The fourth-order valence-electron chi connectivity index (χ4n) is 0. The molecule has 0 aromatic rings. The first-order valence-corrected chi connectivity index (χ1v) is 1.79. The van der Waals surface area contributed by atoms with Crippen LogP contribution >= 0.6 is 0 Å². The Balaban J connectivity index is 0. The van der Waals surface area contributed by atoms with Gasteiger partial charge in [-0.25, -0.2) is 0 Å². The van der Waals surface area contributed by atoms with Crippen LogP contribution in [0.3, 0.4) is 0 Å². The summed E-state index contributed by atoms with van der Waals surface area (Å²) in [6, 6.07) is 0. The second kappa shape index (κ2) is 4.06. The normalized spacial score (nSPS) is 10.3. The van der Waals surface area contributed by atoms with E-state index >= 15 is 0 Å². The molecule has 0 heterocycles. The summed E-state index contributed by atoms with van der Waals surface area (Å²) in [5, 5.41) is 0. The molecule has 0 aliphatic carbocycles. The minimum Gasteiger partial charge on any atom is -0.784 e. The number of rotatable bonds is 0. The summed E-state index contributed by atoms with van der Waals surface area (Å²) >= 11 is 3.66. The first-order chi connectivity index (χ1) is 2.56. The zero-order valence-corrected chi connectivity index (χ0v) is 6.57. The minimum atomic E-state index is -4.14. The first-order valence-electron chi connectivity index (χ1n) is 1.21. The van der Waals surface area contributed by atoms with Crippen LogP contribution in [0.2, 0.25) is 0 Å². The number of alkyl halides is 3. The molecule has 0 aromatic carbocycles. The zero-order chi connectivity index (χ0) is 5.21. The summed E-state index contributed by atoms with van der Waals surface area (Å²) in [5.74, 6) is -1.15. The predicted molar refractivity (Wildman–Crippen MR) is 18.3 cm³/mol. The molecular formula is C2H2F3NaS. The molecule has 0 aromatic heterocycles. The SMILES string of the molecule is FC(F)(F)C[S-].[Na+]. The van der Waals surface area contributed by atoms with Crippen molar-refractivity contribution in [2.75, 3.05) is 5.75 Å². The largest absolute Gasteiger partial charge is 1.00 e. The van der Waals surface area contributed by atoms with Gasteiger partial charge in [-0.3, -0.25) is 0 Å². The molecule has 38 valence electrons. The van der Waals surface area contributed by atoms with Crippen LogP contribution in [-0.2, 0) is 12.6 Å². The van der Waals surface area contributed by atoms with Crippen molar-refractivity contribution in [1.82, 2.24) is 0 Å². The molecule has 0 N–H and O–H groups in total. The van der Waals surface area contributed by atoms with Crippen molar-refractivity contribution >= 4 is 12.6 Å². The Morgan fingerprint density at radius 3 is 1.43 bits per heavy atom. The van der Waals surface area contributed by atoms with E-state index in [1.807, 2.05) is 0 Å². The maximum Gasteiger partial charge on any atom is 1.00 e. The smallest absolute Gasteiger partial charge is 0.784 e. The summed E-state index contributed by atoms with van der Waals surface area (Å²) < 4.78 is 32.0. The molecule has 5 heteroatoms. The molecule has 7 heavy (non-hydrogen) atoms. The molecule has 0 fully saturated rings. The first kappa shape index (κ1) is 11.0. The third-order valence-electron chi connectivity index (χ3n) is 0.164. The summed E-state index contributed by atoms with van der Waals surface area (Å²) in [6.07, 6.45) is -4.14. The van der Waals surface area contributed by atoms with Crippen LogP contribution in [0.1, 0.15) is 0 Å². The van der Waals surface area contributed by atoms with E-state index in [9.17, 15) is 13.2 Å². The molecule has 0 rings (SSSR count). The van der Waals surface area contributed by atoms with E-state index in [0.29, 0.717) is 0 Å². The van der Waals surface area contributed by atoms with Crippen molar-refractivity contribution in [2.45, 2.75) is 6.18 Å². The van der Waals surface area contributed by atoms with Gasteiger partial charge in [0.15, 0.2) is 0 Å². The van der Waals surface area contributed by atoms with Gasteiger partial charge in [0.1, 0.15) is 0 Å². The van der Waals surface area contributed by atoms with Crippen molar-refractivity contribution in [3.8, 4) is 0 Å². The number of halogens is 3. The van der Waals surface area contributed by atoms with Crippen LogP contribution in [0.4, 0.5) is 13.2 Å². The van der Waals surface area contributed by atoms with Gasteiger partial charge in [0.25, 0.3) is 0 Å². The second-order valence-corrected chi connectivity index (χ2v) is 1.05. The summed E-state index contributed by atoms with van der Waals surface area (Å²) in [5.41, 5.74) is 0. The fourth-order valence-corrected chi connectivity index (χ4v) is 0. The predicted octanol–water partition coefficient (Wildman–Crippen LogP) is -1.90.